The minimum absolute atomic E-state index is 0.359. The predicted molar refractivity (Wildman–Crippen MR) is 151 cm³/mol. The number of esters is 2. The summed E-state index contributed by atoms with van der Waals surface area (Å²) in [5.41, 5.74) is 1.69. The van der Waals surface area contributed by atoms with E-state index in [1.807, 2.05) is 12.1 Å². The molecule has 0 saturated carbocycles. The zero-order valence-electron chi connectivity index (χ0n) is 23.7. The third-order valence-electron chi connectivity index (χ3n) is 6.84. The number of benzene rings is 1. The van der Waals surface area contributed by atoms with Crippen LogP contribution in [0.15, 0.2) is 18.2 Å². The fourth-order valence-electron chi connectivity index (χ4n) is 4.56. The Morgan fingerprint density at radius 2 is 1.00 bits per heavy atom. The van der Waals surface area contributed by atoms with Gasteiger partial charge in [0, 0.05) is 0 Å². The summed E-state index contributed by atoms with van der Waals surface area (Å²) in [7, 11) is 0. The normalized spacial score (nSPS) is 11.0. The van der Waals surface area contributed by atoms with Crippen LogP contribution in [0.4, 0.5) is 0 Å². The third-order valence-corrected chi connectivity index (χ3v) is 6.84. The van der Waals surface area contributed by atoms with E-state index in [4.69, 9.17) is 9.47 Å². The maximum atomic E-state index is 13.1. The first-order valence-corrected chi connectivity index (χ1v) is 15.1. The standard InChI is InChI=1S/C32H54O4/c1-4-7-10-13-16-19-23-28-24-22-25-29(31(33)35-26-20-17-14-11-8-5-2)30(28)32(34)36-27-21-18-15-12-9-6-3/h22,24-25H,4-21,23,26-27H2,1-3H3. The van der Waals surface area contributed by atoms with Gasteiger partial charge >= 0.3 is 11.9 Å². The van der Waals surface area contributed by atoms with Crippen LogP contribution in [0.2, 0.25) is 0 Å². The van der Waals surface area contributed by atoms with Crippen molar-refractivity contribution in [3.05, 3.63) is 34.9 Å². The van der Waals surface area contributed by atoms with Crippen LogP contribution in [0.25, 0.3) is 0 Å². The van der Waals surface area contributed by atoms with Crippen molar-refractivity contribution in [1.82, 2.24) is 0 Å². The molecule has 0 aliphatic rings. The highest BCUT2D eigenvalue weighted by Gasteiger charge is 2.23. The molecule has 0 saturated heterocycles. The van der Waals surface area contributed by atoms with Crippen LogP contribution >= 0.6 is 0 Å². The van der Waals surface area contributed by atoms with Crippen molar-refractivity contribution in [3.63, 3.8) is 0 Å². The van der Waals surface area contributed by atoms with Crippen molar-refractivity contribution in [2.75, 3.05) is 13.2 Å². The van der Waals surface area contributed by atoms with Crippen molar-refractivity contribution in [2.45, 2.75) is 143 Å². The van der Waals surface area contributed by atoms with Crippen LogP contribution in [0.3, 0.4) is 0 Å². The number of hydrogen-bond donors (Lipinski definition) is 0. The molecule has 4 heteroatoms. The van der Waals surface area contributed by atoms with E-state index >= 15 is 0 Å². The van der Waals surface area contributed by atoms with Crippen LogP contribution < -0.4 is 0 Å². The maximum absolute atomic E-state index is 13.1. The molecule has 0 spiro atoms. The Bertz CT molecular complexity index is 697. The van der Waals surface area contributed by atoms with Gasteiger partial charge in [-0.2, -0.15) is 0 Å². The summed E-state index contributed by atoms with van der Waals surface area (Å²) in [6.07, 6.45) is 21.6. The summed E-state index contributed by atoms with van der Waals surface area (Å²) in [5.74, 6) is -0.781. The molecule has 0 aliphatic carbocycles. The maximum Gasteiger partial charge on any atom is 0.339 e. The average molecular weight is 503 g/mol. The van der Waals surface area contributed by atoms with Crippen LogP contribution in [-0.2, 0) is 15.9 Å². The Labute approximate surface area is 221 Å². The largest absolute Gasteiger partial charge is 0.462 e. The molecule has 0 radical (unpaired) electrons. The quantitative estimate of drug-likeness (QED) is 0.110. The Morgan fingerprint density at radius 3 is 1.53 bits per heavy atom. The van der Waals surface area contributed by atoms with Crippen LogP contribution in [-0.4, -0.2) is 25.2 Å². The molecule has 0 amide bonds. The van der Waals surface area contributed by atoms with E-state index in [0.29, 0.717) is 24.3 Å². The lowest BCUT2D eigenvalue weighted by molar-refractivity contribution is 0.0449. The highest BCUT2D eigenvalue weighted by molar-refractivity contribution is 6.04. The van der Waals surface area contributed by atoms with Gasteiger partial charge in [-0.1, -0.05) is 129 Å². The second kappa shape index (κ2) is 22.4. The first-order chi connectivity index (χ1) is 17.7. The van der Waals surface area contributed by atoms with Crippen molar-refractivity contribution in [1.29, 1.82) is 0 Å². The summed E-state index contributed by atoms with van der Waals surface area (Å²) in [6.45, 7) is 7.45. The fourth-order valence-corrected chi connectivity index (χ4v) is 4.56. The van der Waals surface area contributed by atoms with E-state index in [0.717, 1.165) is 50.5 Å². The smallest absolute Gasteiger partial charge is 0.339 e. The van der Waals surface area contributed by atoms with Gasteiger partial charge in [0.15, 0.2) is 0 Å². The van der Waals surface area contributed by atoms with Gasteiger partial charge in [0.1, 0.15) is 0 Å². The second-order valence-electron chi connectivity index (χ2n) is 10.2. The molecular weight excluding hydrogens is 448 g/mol. The molecule has 4 nitrogen and oxygen atoms in total. The topological polar surface area (TPSA) is 52.6 Å². The number of unbranched alkanes of at least 4 members (excludes halogenated alkanes) is 15. The minimum Gasteiger partial charge on any atom is -0.462 e. The predicted octanol–water partition coefficient (Wildman–Crippen LogP) is 9.62. The Morgan fingerprint density at radius 1 is 0.556 bits per heavy atom. The van der Waals surface area contributed by atoms with Gasteiger partial charge in [-0.05, 0) is 37.3 Å². The lowest BCUT2D eigenvalue weighted by Gasteiger charge is -2.14. The first kappa shape index (κ1) is 32.2. The van der Waals surface area contributed by atoms with Crippen molar-refractivity contribution < 1.29 is 19.1 Å². The monoisotopic (exact) mass is 502 g/mol. The highest BCUT2D eigenvalue weighted by Crippen LogP contribution is 2.21. The number of hydrogen-bond acceptors (Lipinski definition) is 4. The second-order valence-corrected chi connectivity index (χ2v) is 10.2. The molecule has 0 aromatic heterocycles. The average Bonchev–Trinajstić information content (AvgIpc) is 2.89. The zero-order valence-corrected chi connectivity index (χ0v) is 23.7. The van der Waals surface area contributed by atoms with Gasteiger partial charge in [-0.3, -0.25) is 0 Å². The van der Waals surface area contributed by atoms with E-state index in [1.165, 1.54) is 77.0 Å². The van der Waals surface area contributed by atoms with Crippen molar-refractivity contribution >= 4 is 11.9 Å². The Kier molecular flexibility index (Phi) is 20.0. The summed E-state index contributed by atoms with van der Waals surface area (Å²) in [5, 5.41) is 0. The molecule has 0 bridgehead atoms. The number of carbonyl (C=O) groups is 2. The minimum atomic E-state index is -0.403. The summed E-state index contributed by atoms with van der Waals surface area (Å²) < 4.78 is 11.2. The van der Waals surface area contributed by atoms with E-state index in [-0.39, 0.29) is 5.97 Å². The van der Waals surface area contributed by atoms with Crippen LogP contribution in [0.5, 0.6) is 0 Å². The number of rotatable bonds is 23. The Balaban J connectivity index is 2.72. The van der Waals surface area contributed by atoms with Crippen LogP contribution in [0, 0.1) is 0 Å². The summed E-state index contributed by atoms with van der Waals surface area (Å²) >= 11 is 0. The van der Waals surface area contributed by atoms with Crippen molar-refractivity contribution in [2.24, 2.45) is 0 Å². The fraction of sp³-hybridized carbons (Fsp3) is 0.750. The number of ether oxygens (including phenoxy) is 2. The van der Waals surface area contributed by atoms with Crippen molar-refractivity contribution in [3.8, 4) is 0 Å². The molecular formula is C32H54O4. The van der Waals surface area contributed by atoms with Gasteiger partial charge in [0.25, 0.3) is 0 Å². The van der Waals surface area contributed by atoms with Gasteiger partial charge in [-0.15, -0.1) is 0 Å². The molecule has 0 unspecified atom stereocenters. The lowest BCUT2D eigenvalue weighted by Crippen LogP contribution is -2.17. The van der Waals surface area contributed by atoms with E-state index in [9.17, 15) is 9.59 Å². The lowest BCUT2D eigenvalue weighted by atomic mass is 9.96. The number of carbonyl (C=O) groups excluding carboxylic acids is 2. The highest BCUT2D eigenvalue weighted by atomic mass is 16.5. The molecule has 0 atom stereocenters. The molecule has 36 heavy (non-hydrogen) atoms. The van der Waals surface area contributed by atoms with E-state index in [2.05, 4.69) is 20.8 Å². The molecule has 0 fully saturated rings. The molecule has 0 N–H and O–H groups in total. The summed E-state index contributed by atoms with van der Waals surface area (Å²) in [4.78, 5) is 26.1. The van der Waals surface area contributed by atoms with Gasteiger partial charge in [0.2, 0.25) is 0 Å². The first-order valence-electron chi connectivity index (χ1n) is 15.1. The molecule has 1 rings (SSSR count). The molecule has 0 aliphatic heterocycles. The molecule has 206 valence electrons. The van der Waals surface area contributed by atoms with Crippen LogP contribution in [0.1, 0.15) is 163 Å². The molecule has 1 aromatic rings. The summed E-state index contributed by atoms with van der Waals surface area (Å²) in [6, 6.07) is 5.56. The van der Waals surface area contributed by atoms with E-state index in [1.54, 1.807) is 6.07 Å². The third kappa shape index (κ3) is 14.7. The Hall–Kier alpha value is -1.84. The van der Waals surface area contributed by atoms with Gasteiger partial charge < -0.3 is 9.47 Å². The van der Waals surface area contributed by atoms with Gasteiger partial charge in [-0.25, -0.2) is 9.59 Å². The molecule has 0 heterocycles. The van der Waals surface area contributed by atoms with E-state index < -0.39 is 5.97 Å². The van der Waals surface area contributed by atoms with Gasteiger partial charge in [0.05, 0.1) is 24.3 Å². The molecule has 1 aromatic carbocycles. The zero-order chi connectivity index (χ0) is 26.3. The SMILES string of the molecule is CCCCCCCCOC(=O)c1cccc(CCCCCCCC)c1C(=O)OCCCCCCCC. The number of aryl methyl sites for hydroxylation is 1.